The molecule has 66 heavy (non-hydrogen) atoms. The Morgan fingerprint density at radius 3 is 2.29 bits per heavy atom. The van der Waals surface area contributed by atoms with Gasteiger partial charge in [-0.2, -0.15) is 5.10 Å². The molecule has 3 aliphatic heterocycles. The van der Waals surface area contributed by atoms with Gasteiger partial charge < -0.3 is 39.5 Å². The fourth-order valence-electron chi connectivity index (χ4n) is 8.60. The molecule has 0 unspecified atom stereocenters. The van der Waals surface area contributed by atoms with E-state index in [1.54, 1.807) is 59.9 Å². The number of fused-ring (bicyclic) bond motifs is 2. The van der Waals surface area contributed by atoms with E-state index in [9.17, 15) is 27.6 Å². The van der Waals surface area contributed by atoms with E-state index in [0.29, 0.717) is 60.7 Å². The number of rotatable bonds is 10. The van der Waals surface area contributed by atoms with Crippen molar-refractivity contribution in [3.63, 3.8) is 0 Å². The number of alkyl carbamates (subject to hydrolysis) is 1. The van der Waals surface area contributed by atoms with Crippen LogP contribution < -0.4 is 20.3 Å². The predicted molar refractivity (Wildman–Crippen MR) is 244 cm³/mol. The quantitative estimate of drug-likeness (QED) is 0.177. The molecule has 6 heterocycles. The third-order valence-corrected chi connectivity index (χ3v) is 15.2. The molecule has 3 N–H and O–H groups in total. The van der Waals surface area contributed by atoms with Crippen LogP contribution in [0.2, 0.25) is 0 Å². The summed E-state index contributed by atoms with van der Waals surface area (Å²) in [7, 11) is -2.60. The Kier molecular flexibility index (Phi) is 13.2. The lowest BCUT2D eigenvalue weighted by molar-refractivity contribution is -0.156. The summed E-state index contributed by atoms with van der Waals surface area (Å²) in [6.07, 6.45) is 6.26. The molecule has 3 aromatic heterocycles. The lowest BCUT2D eigenvalue weighted by atomic mass is 9.92. The van der Waals surface area contributed by atoms with Crippen LogP contribution in [0.25, 0.3) is 10.9 Å². The van der Waals surface area contributed by atoms with Crippen LogP contribution in [0.15, 0.2) is 35.7 Å². The number of esters is 1. The monoisotopic (exact) mass is 931 g/mol. The zero-order valence-electron chi connectivity index (χ0n) is 39.4. The number of nitrogens with one attached hydrogen (secondary N) is 3. The van der Waals surface area contributed by atoms with Gasteiger partial charge in [0.1, 0.15) is 52.0 Å². The molecule has 7 rings (SSSR count). The van der Waals surface area contributed by atoms with Crippen LogP contribution in [-0.2, 0) is 28.9 Å². The number of anilines is 3. The molecule has 4 aromatic rings. The molecule has 0 radical (unpaired) electrons. The molecular formula is C45H61N11O9S. The molecular weight excluding hydrogens is 871 g/mol. The Balaban J connectivity index is 1.02. The molecule has 1 aromatic carbocycles. The first-order valence-corrected chi connectivity index (χ1v) is 23.7. The number of hydrogen-bond acceptors (Lipinski definition) is 16. The van der Waals surface area contributed by atoms with Gasteiger partial charge >= 0.3 is 12.1 Å². The van der Waals surface area contributed by atoms with Gasteiger partial charge in [0.15, 0.2) is 15.7 Å². The number of ether oxygens (including phenoxy) is 3. The van der Waals surface area contributed by atoms with Crippen molar-refractivity contribution in [3.8, 4) is 5.75 Å². The number of carbonyl (C=O) groups is 4. The number of nitrogens with zero attached hydrogens (tertiary/aromatic N) is 8. The number of aryl methyl sites for hydroxylation is 1. The van der Waals surface area contributed by atoms with Gasteiger partial charge in [0.05, 0.1) is 42.9 Å². The van der Waals surface area contributed by atoms with Gasteiger partial charge in [-0.1, -0.05) is 0 Å². The molecule has 3 saturated heterocycles. The third kappa shape index (κ3) is 9.85. The van der Waals surface area contributed by atoms with E-state index in [2.05, 4.69) is 45.7 Å². The number of hydrogen-bond donors (Lipinski definition) is 3. The summed E-state index contributed by atoms with van der Waals surface area (Å²) in [5.74, 6) is 0.388. The summed E-state index contributed by atoms with van der Waals surface area (Å²) in [6, 6.07) is 1.20. The highest BCUT2D eigenvalue weighted by molar-refractivity contribution is 7.92. The van der Waals surface area contributed by atoms with Gasteiger partial charge in [0, 0.05) is 47.9 Å². The summed E-state index contributed by atoms with van der Waals surface area (Å²) in [5.41, 5.74) is 0.757. The molecule has 3 fully saturated rings. The highest BCUT2D eigenvalue weighted by Crippen LogP contribution is 2.40. The van der Waals surface area contributed by atoms with E-state index in [-0.39, 0.29) is 42.0 Å². The number of piperidine rings is 1. The number of sulfone groups is 1. The maximum Gasteiger partial charge on any atom is 0.408 e. The topological polar surface area (TPSA) is 244 Å². The number of amides is 3. The van der Waals surface area contributed by atoms with E-state index in [1.165, 1.54) is 29.4 Å². The number of methoxy groups -OCH3 is 1. The first-order chi connectivity index (χ1) is 31.0. The summed E-state index contributed by atoms with van der Waals surface area (Å²) >= 11 is 0. The lowest BCUT2D eigenvalue weighted by Gasteiger charge is -2.44. The van der Waals surface area contributed by atoms with E-state index in [1.807, 2.05) is 20.8 Å². The van der Waals surface area contributed by atoms with Crippen molar-refractivity contribution in [2.75, 3.05) is 50.1 Å². The van der Waals surface area contributed by atoms with Crippen molar-refractivity contribution in [2.45, 2.75) is 127 Å². The number of carbonyl (C=O) groups excluding carboxylic acids is 4. The molecule has 3 amide bonds. The molecule has 0 spiro atoms. The first-order valence-electron chi connectivity index (χ1n) is 22.2. The van der Waals surface area contributed by atoms with Gasteiger partial charge in [-0.15, -0.1) is 0 Å². The molecule has 0 saturated carbocycles. The minimum atomic E-state index is -3.87. The Morgan fingerprint density at radius 2 is 1.67 bits per heavy atom. The van der Waals surface area contributed by atoms with E-state index >= 15 is 0 Å². The Bertz CT molecular complexity index is 2600. The smallest absolute Gasteiger partial charge is 0.408 e. The second-order valence-corrected chi connectivity index (χ2v) is 22.3. The second-order valence-electron chi connectivity index (χ2n) is 19.6. The van der Waals surface area contributed by atoms with Crippen molar-refractivity contribution in [3.05, 3.63) is 47.8 Å². The SMILES string of the molecule is COC(=O)[C@@H]1CC[C@]2(C)CCN(C(=O)c3cnc(N4CCC(COc5cc6ncnc(Nc7n[nH]c(C)c7C)c6cc5S(=O)(=O)C(C)(C)C)CC4)cn3)C[C@H](NC(=O)OC(C)(C)C)C(=O)N12. The van der Waals surface area contributed by atoms with Crippen LogP contribution in [0.5, 0.6) is 5.75 Å². The largest absolute Gasteiger partial charge is 0.492 e. The van der Waals surface area contributed by atoms with Crippen LogP contribution in [0, 0.1) is 19.8 Å². The van der Waals surface area contributed by atoms with Crippen LogP contribution in [0.4, 0.5) is 22.2 Å². The molecule has 3 aliphatic rings. The van der Waals surface area contributed by atoms with Gasteiger partial charge in [-0.3, -0.25) is 14.7 Å². The predicted octanol–water partition coefficient (Wildman–Crippen LogP) is 5.03. The highest BCUT2D eigenvalue weighted by Gasteiger charge is 2.52. The summed E-state index contributed by atoms with van der Waals surface area (Å²) in [4.78, 5) is 77.2. The van der Waals surface area contributed by atoms with Crippen LogP contribution in [0.3, 0.4) is 0 Å². The summed E-state index contributed by atoms with van der Waals surface area (Å²) < 4.78 is 43.8. The Labute approximate surface area is 384 Å². The number of aromatic amines is 1. The van der Waals surface area contributed by atoms with Crippen LogP contribution in [-0.4, -0.2) is 140 Å². The second kappa shape index (κ2) is 18.3. The van der Waals surface area contributed by atoms with Gasteiger partial charge in [0.2, 0.25) is 5.91 Å². The van der Waals surface area contributed by atoms with E-state index in [0.717, 1.165) is 24.1 Å². The van der Waals surface area contributed by atoms with E-state index < -0.39 is 61.7 Å². The van der Waals surface area contributed by atoms with Crippen molar-refractivity contribution < 1.29 is 41.8 Å². The Hall–Kier alpha value is -6.12. The Morgan fingerprint density at radius 1 is 0.939 bits per heavy atom. The van der Waals surface area contributed by atoms with Crippen molar-refractivity contribution >= 4 is 62.1 Å². The van der Waals surface area contributed by atoms with Crippen molar-refractivity contribution in [2.24, 2.45) is 5.92 Å². The maximum atomic E-state index is 14.2. The fraction of sp³-hybridized carbons (Fsp3) is 0.578. The van der Waals surface area contributed by atoms with Crippen molar-refractivity contribution in [1.29, 1.82) is 0 Å². The minimum Gasteiger partial charge on any atom is -0.492 e. The standard InChI is InChI=1S/C45H61N11O9S/c1-26-27(2)52-53-37(26)51-38-29-19-35(66(61,62)44(6,7)8)34(20-30(29)48-25-49-38)64-24-28-12-16-54(17-13-28)36-22-46-31(21-47-36)39(57)55-18-15-45(9)14-11-33(41(59)63-10)56(45)40(58)32(23-55)50-42(60)65-43(3,4)5/h19-22,25,28,32-33H,11-18,23-24H2,1-10H3,(H,50,60)(H2,48,49,51,52,53)/t32-,33-,45+/m0/s1. The first kappa shape index (κ1) is 47.8. The van der Waals surface area contributed by atoms with Crippen LogP contribution >= 0.6 is 0 Å². The van der Waals surface area contributed by atoms with Crippen molar-refractivity contribution in [1.82, 2.24) is 45.2 Å². The molecule has 20 nitrogen and oxygen atoms in total. The zero-order chi connectivity index (χ0) is 47.9. The average Bonchev–Trinajstić information content (AvgIpc) is 3.77. The number of aromatic nitrogens is 6. The minimum absolute atomic E-state index is 0.0525. The summed E-state index contributed by atoms with van der Waals surface area (Å²) in [5, 5.41) is 13.7. The van der Waals surface area contributed by atoms with Crippen LogP contribution in [0.1, 0.15) is 102 Å². The maximum absolute atomic E-state index is 14.2. The third-order valence-electron chi connectivity index (χ3n) is 12.7. The molecule has 0 aliphatic carbocycles. The molecule has 356 valence electrons. The zero-order valence-corrected chi connectivity index (χ0v) is 40.2. The summed E-state index contributed by atoms with van der Waals surface area (Å²) in [6.45, 7) is 17.3. The van der Waals surface area contributed by atoms with Gasteiger partial charge in [-0.05, 0) is 106 Å². The molecule has 21 heteroatoms. The molecule has 0 bridgehead atoms. The average molecular weight is 932 g/mol. The van der Waals surface area contributed by atoms with Gasteiger partial charge in [0.25, 0.3) is 5.91 Å². The molecule has 3 atom stereocenters. The normalized spacial score (nSPS) is 20.9. The number of H-pyrrole nitrogens is 1. The highest BCUT2D eigenvalue weighted by atomic mass is 32.2. The number of benzene rings is 1. The van der Waals surface area contributed by atoms with E-state index in [4.69, 9.17) is 14.2 Å². The lowest BCUT2D eigenvalue weighted by Crippen LogP contribution is -2.63. The fourth-order valence-corrected chi connectivity index (χ4v) is 9.92. The van der Waals surface area contributed by atoms with Gasteiger partial charge in [-0.25, -0.2) is 37.9 Å².